The Labute approximate surface area is 92.6 Å². The smallest absolute Gasteiger partial charge is 0.232 e. The van der Waals surface area contributed by atoms with Crippen LogP contribution in [0.25, 0.3) is 0 Å². The molecule has 0 aromatic heterocycles. The molecule has 0 saturated carbocycles. The fourth-order valence-corrected chi connectivity index (χ4v) is 2.42. The van der Waals surface area contributed by atoms with Gasteiger partial charge in [-0.1, -0.05) is 0 Å². The quantitative estimate of drug-likeness (QED) is 0.483. The summed E-state index contributed by atoms with van der Waals surface area (Å²) < 4.78 is 7.88. The van der Waals surface area contributed by atoms with Gasteiger partial charge in [0, 0.05) is 27.2 Å². The molecule has 4 nitrogen and oxygen atoms in total. The Morgan fingerprint density at radius 3 is 2.62 bits per heavy atom. The van der Waals surface area contributed by atoms with E-state index in [1.807, 2.05) is 0 Å². The molecule has 74 valence electrons. The summed E-state index contributed by atoms with van der Waals surface area (Å²) in [5, 5.41) is 0. The highest BCUT2D eigenvalue weighted by molar-refractivity contribution is 14.1. The molecular formula is C8H14IN3O. The van der Waals surface area contributed by atoms with Crippen molar-refractivity contribution >= 4 is 22.9 Å². The van der Waals surface area contributed by atoms with Crippen LogP contribution in [-0.4, -0.2) is 53.2 Å². The molecule has 0 bridgehead atoms. The highest BCUT2D eigenvalue weighted by atomic mass is 127. The third-order valence-electron chi connectivity index (χ3n) is 2.43. The third kappa shape index (κ3) is 1.53. The average molecular weight is 295 g/mol. The molecule has 0 spiro atoms. The van der Waals surface area contributed by atoms with Crippen LogP contribution in [0, 0.1) is 0 Å². The van der Waals surface area contributed by atoms with Crippen molar-refractivity contribution < 1.29 is 4.74 Å². The van der Waals surface area contributed by atoms with Crippen LogP contribution in [0.15, 0.2) is 11.7 Å². The largest absolute Gasteiger partial charge is 0.475 e. The molecule has 0 unspecified atom stereocenters. The number of halogens is 1. The SMILES string of the molecule is CN1CCN(I)C2=C1OCCN2C. The van der Waals surface area contributed by atoms with E-state index < -0.39 is 0 Å². The van der Waals surface area contributed by atoms with Crippen LogP contribution in [-0.2, 0) is 4.74 Å². The number of hydrogen-bond acceptors (Lipinski definition) is 4. The Morgan fingerprint density at radius 1 is 1.15 bits per heavy atom. The molecule has 0 aromatic rings. The molecule has 2 aliphatic heterocycles. The van der Waals surface area contributed by atoms with Gasteiger partial charge in [0.25, 0.3) is 0 Å². The molecule has 0 radical (unpaired) electrons. The van der Waals surface area contributed by atoms with Gasteiger partial charge in [-0.3, -0.25) is 3.11 Å². The van der Waals surface area contributed by atoms with E-state index in [2.05, 4.69) is 49.9 Å². The van der Waals surface area contributed by atoms with Crippen LogP contribution < -0.4 is 0 Å². The molecule has 0 aromatic carbocycles. The normalized spacial score (nSPS) is 23.2. The van der Waals surface area contributed by atoms with Crippen LogP contribution in [0.2, 0.25) is 0 Å². The Hall–Kier alpha value is -0.330. The van der Waals surface area contributed by atoms with Gasteiger partial charge in [-0.15, -0.1) is 0 Å². The molecule has 0 amide bonds. The maximum atomic E-state index is 5.65. The van der Waals surface area contributed by atoms with Crippen molar-refractivity contribution in [1.29, 1.82) is 0 Å². The van der Waals surface area contributed by atoms with Crippen molar-refractivity contribution in [2.45, 2.75) is 0 Å². The Kier molecular flexibility index (Phi) is 2.44. The summed E-state index contributed by atoms with van der Waals surface area (Å²) in [4.78, 5) is 4.43. The summed E-state index contributed by atoms with van der Waals surface area (Å²) in [6.07, 6.45) is 0. The lowest BCUT2D eigenvalue weighted by Gasteiger charge is -2.41. The van der Waals surface area contributed by atoms with E-state index in [0.29, 0.717) is 0 Å². The Bertz CT molecular complexity index is 238. The predicted molar refractivity (Wildman–Crippen MR) is 59.0 cm³/mol. The molecule has 0 fully saturated rings. The van der Waals surface area contributed by atoms with Gasteiger partial charge >= 0.3 is 0 Å². The van der Waals surface area contributed by atoms with E-state index in [-0.39, 0.29) is 0 Å². The van der Waals surface area contributed by atoms with Gasteiger partial charge in [0.2, 0.25) is 5.88 Å². The number of nitrogens with zero attached hydrogens (tertiary/aromatic N) is 3. The van der Waals surface area contributed by atoms with Crippen molar-refractivity contribution in [3.8, 4) is 0 Å². The first kappa shape index (κ1) is 9.23. The van der Waals surface area contributed by atoms with Gasteiger partial charge in [0.15, 0.2) is 5.82 Å². The molecule has 0 aliphatic carbocycles. The number of hydrogen-bond donors (Lipinski definition) is 0. The highest BCUT2D eigenvalue weighted by Crippen LogP contribution is 2.27. The molecule has 2 aliphatic rings. The predicted octanol–water partition coefficient (Wildman–Crippen LogP) is 0.672. The number of likely N-dealkylation sites (N-methyl/N-ethyl adjacent to an activating group) is 2. The van der Waals surface area contributed by atoms with E-state index >= 15 is 0 Å². The lowest BCUT2D eigenvalue weighted by molar-refractivity contribution is 0.0462. The molecule has 2 rings (SSSR count). The number of rotatable bonds is 0. The minimum Gasteiger partial charge on any atom is -0.475 e. The maximum absolute atomic E-state index is 5.65. The second-order valence-corrected chi connectivity index (χ2v) is 4.57. The molecule has 0 atom stereocenters. The first-order valence-corrected chi connectivity index (χ1v) is 5.39. The zero-order chi connectivity index (χ0) is 9.42. The zero-order valence-corrected chi connectivity index (χ0v) is 10.1. The fraction of sp³-hybridized carbons (Fsp3) is 0.750. The van der Waals surface area contributed by atoms with Crippen LogP contribution >= 0.6 is 22.9 Å². The van der Waals surface area contributed by atoms with Crippen molar-refractivity contribution in [1.82, 2.24) is 12.9 Å². The second kappa shape index (κ2) is 3.43. The minimum atomic E-state index is 0.796. The van der Waals surface area contributed by atoms with Crippen molar-refractivity contribution in [3.63, 3.8) is 0 Å². The summed E-state index contributed by atoms with van der Waals surface area (Å²) in [5.41, 5.74) is 0. The van der Waals surface area contributed by atoms with Crippen LogP contribution in [0.1, 0.15) is 0 Å². The van der Waals surface area contributed by atoms with E-state index in [1.165, 1.54) is 5.82 Å². The topological polar surface area (TPSA) is 19.0 Å². The van der Waals surface area contributed by atoms with E-state index in [9.17, 15) is 0 Å². The summed E-state index contributed by atoms with van der Waals surface area (Å²) >= 11 is 2.34. The van der Waals surface area contributed by atoms with Gasteiger partial charge in [-0.25, -0.2) is 0 Å². The van der Waals surface area contributed by atoms with Gasteiger partial charge in [0.1, 0.15) is 6.61 Å². The monoisotopic (exact) mass is 295 g/mol. The summed E-state index contributed by atoms with van der Waals surface area (Å²) in [7, 11) is 4.20. The standard InChI is InChI=1S/C8H14IN3O/c1-10-5-6-13-8-7(10)12(9)4-3-11(8)2/h3-6H2,1-2H3. The second-order valence-electron chi connectivity index (χ2n) is 3.41. The first-order valence-electron chi connectivity index (χ1n) is 4.43. The Balaban J connectivity index is 2.33. The van der Waals surface area contributed by atoms with Gasteiger partial charge in [0.05, 0.1) is 29.4 Å². The van der Waals surface area contributed by atoms with E-state index in [1.54, 1.807) is 0 Å². The lowest BCUT2D eigenvalue weighted by atomic mass is 10.3. The lowest BCUT2D eigenvalue weighted by Crippen LogP contribution is -2.45. The molecule has 0 N–H and O–H groups in total. The average Bonchev–Trinajstić information content (AvgIpc) is 2.12. The van der Waals surface area contributed by atoms with Crippen LogP contribution in [0.5, 0.6) is 0 Å². The van der Waals surface area contributed by atoms with Crippen LogP contribution in [0.4, 0.5) is 0 Å². The summed E-state index contributed by atoms with van der Waals surface area (Å²) in [5.74, 6) is 2.23. The zero-order valence-electron chi connectivity index (χ0n) is 7.96. The van der Waals surface area contributed by atoms with Crippen molar-refractivity contribution in [2.75, 3.05) is 40.3 Å². The molecule has 2 heterocycles. The summed E-state index contributed by atoms with van der Waals surface area (Å²) in [6.45, 7) is 3.87. The van der Waals surface area contributed by atoms with Crippen LogP contribution in [0.3, 0.4) is 0 Å². The fourth-order valence-electron chi connectivity index (χ4n) is 1.63. The maximum Gasteiger partial charge on any atom is 0.232 e. The molecule has 5 heteroatoms. The molecule has 0 saturated heterocycles. The Morgan fingerprint density at radius 2 is 1.92 bits per heavy atom. The van der Waals surface area contributed by atoms with Gasteiger partial charge in [-0.05, 0) is 0 Å². The third-order valence-corrected chi connectivity index (χ3v) is 3.37. The van der Waals surface area contributed by atoms with E-state index in [0.717, 1.165) is 32.1 Å². The van der Waals surface area contributed by atoms with Gasteiger partial charge in [-0.2, -0.15) is 0 Å². The van der Waals surface area contributed by atoms with Crippen molar-refractivity contribution in [2.24, 2.45) is 0 Å². The number of ether oxygens (including phenoxy) is 1. The minimum absolute atomic E-state index is 0.796. The van der Waals surface area contributed by atoms with Crippen molar-refractivity contribution in [3.05, 3.63) is 11.7 Å². The first-order chi connectivity index (χ1) is 6.20. The van der Waals surface area contributed by atoms with Gasteiger partial charge < -0.3 is 14.5 Å². The molecular weight excluding hydrogens is 281 g/mol. The molecule has 13 heavy (non-hydrogen) atoms. The summed E-state index contributed by atoms with van der Waals surface area (Å²) in [6, 6.07) is 0. The van der Waals surface area contributed by atoms with E-state index in [4.69, 9.17) is 4.74 Å². The highest BCUT2D eigenvalue weighted by Gasteiger charge is 2.29.